The van der Waals surface area contributed by atoms with E-state index in [0.29, 0.717) is 12.2 Å². The summed E-state index contributed by atoms with van der Waals surface area (Å²) in [6, 6.07) is 12.8. The second-order valence-electron chi connectivity index (χ2n) is 23.3. The Kier molecular flexibility index (Phi) is 39.4. The van der Waals surface area contributed by atoms with Crippen LogP contribution in [0.2, 0.25) is 0 Å². The first-order chi connectivity index (χ1) is 31.1. The van der Waals surface area contributed by atoms with Crippen molar-refractivity contribution in [1.29, 1.82) is 0 Å². The maximum absolute atomic E-state index is 5.39. The fraction of sp³-hybridized carbons (Fsp3) is 0.750. The number of halogens is 1. The molecule has 0 spiro atoms. The van der Waals surface area contributed by atoms with Gasteiger partial charge in [0.1, 0.15) is 0 Å². The number of allylic oxidation sites excluding steroid dienone is 4. The highest BCUT2D eigenvalue weighted by atomic mass is 19.0. The summed E-state index contributed by atoms with van der Waals surface area (Å²) < 4.78 is 10.8. The van der Waals surface area contributed by atoms with E-state index in [-0.39, 0.29) is 13.1 Å². The van der Waals surface area contributed by atoms with Gasteiger partial charge in [0.25, 0.3) is 0 Å². The molecule has 2 aromatic rings. The Hall–Kier alpha value is -2.17. The van der Waals surface area contributed by atoms with E-state index in [2.05, 4.69) is 173 Å². The van der Waals surface area contributed by atoms with Crippen LogP contribution in [0.25, 0.3) is 0 Å². The van der Waals surface area contributed by atoms with Crippen molar-refractivity contribution < 1.29 is 14.2 Å². The first kappa shape index (κ1) is 67.9. The summed E-state index contributed by atoms with van der Waals surface area (Å²) in [4.78, 5) is 0. The molecule has 391 valence electrons. The molecule has 6 unspecified atom stereocenters. The van der Waals surface area contributed by atoms with Crippen LogP contribution in [0.1, 0.15) is 232 Å². The van der Waals surface area contributed by atoms with Crippen LogP contribution in [0.4, 0.5) is 4.70 Å². The minimum absolute atomic E-state index is 0. The maximum atomic E-state index is 5.39. The van der Waals surface area contributed by atoms with Crippen LogP contribution in [0.3, 0.4) is 0 Å². The van der Waals surface area contributed by atoms with Gasteiger partial charge in [0.2, 0.25) is 0 Å². The van der Waals surface area contributed by atoms with Crippen molar-refractivity contribution in [3.63, 3.8) is 0 Å². The van der Waals surface area contributed by atoms with Crippen molar-refractivity contribution in [1.82, 2.24) is 0 Å². The summed E-state index contributed by atoms with van der Waals surface area (Å²) in [6.45, 7) is 42.1. The lowest BCUT2D eigenvalue weighted by Gasteiger charge is -2.23. The third-order valence-corrected chi connectivity index (χ3v) is 15.4. The Bertz CT molecular complexity index is 1350. The molecule has 0 aromatic heterocycles. The zero-order valence-electron chi connectivity index (χ0n) is 48.3. The van der Waals surface area contributed by atoms with Crippen molar-refractivity contribution in [2.45, 2.75) is 252 Å². The molecule has 0 N–H and O–H groups in total. The summed E-state index contributed by atoms with van der Waals surface area (Å²) in [5.41, 5.74) is 11.5. The Labute approximate surface area is 426 Å². The second kappa shape index (κ2) is 39.5. The summed E-state index contributed by atoms with van der Waals surface area (Å²) in [5, 5.41) is 0. The Balaban J connectivity index is 0. The normalized spacial score (nSPS) is 28.3. The molecular weight excluding hydrogens is 831 g/mol. The summed E-state index contributed by atoms with van der Waals surface area (Å²) in [7, 11) is 0. The summed E-state index contributed by atoms with van der Waals surface area (Å²) in [5.74, 6) is 7.56. The zero-order valence-corrected chi connectivity index (χ0v) is 48.3. The van der Waals surface area contributed by atoms with Gasteiger partial charge in [-0.05, 0) is 203 Å². The van der Waals surface area contributed by atoms with E-state index in [4.69, 9.17) is 9.47 Å². The molecule has 0 amide bonds. The van der Waals surface area contributed by atoms with E-state index in [1.165, 1.54) is 149 Å². The standard InChI is InChI=1S/C10H14.2C8H16.2C8H14.C8H10.2C7H14O.B.FH/c1-7-5-6-8(2)10(4)9(7)3;5*1-7-3-5-8(2)6-4-7;2*1-6-3-4-7(2)8-5-6;;/h5-6H,1-4H3;2*7-8H,3-6H2,1-2H3;2*3,8H,4-6H2,1-2H3;3-6H,1-2H3;2*6-7H,3-5H2,1-2H3;;1H. The molecule has 2 saturated carbocycles. The van der Waals surface area contributed by atoms with Crippen molar-refractivity contribution in [3.05, 3.63) is 93.1 Å². The van der Waals surface area contributed by atoms with Crippen molar-refractivity contribution in [2.75, 3.05) is 13.2 Å². The number of aryl methyl sites for hydroxylation is 4. The molecule has 4 aliphatic carbocycles. The van der Waals surface area contributed by atoms with Crippen LogP contribution in [-0.2, 0) is 9.47 Å². The molecule has 2 nitrogen and oxygen atoms in total. The predicted molar refractivity (Wildman–Crippen MR) is 304 cm³/mol. The van der Waals surface area contributed by atoms with Gasteiger partial charge >= 0.3 is 0 Å². The van der Waals surface area contributed by atoms with Gasteiger partial charge in [0.05, 0.1) is 12.2 Å². The van der Waals surface area contributed by atoms with E-state index in [9.17, 15) is 0 Å². The molecular formula is C64H113BFO2. The van der Waals surface area contributed by atoms with Crippen LogP contribution >= 0.6 is 0 Å². The van der Waals surface area contributed by atoms with Gasteiger partial charge in [0, 0.05) is 21.6 Å². The van der Waals surface area contributed by atoms with E-state index >= 15 is 0 Å². The molecule has 4 fully saturated rings. The SMILES string of the molecule is CC1=CCC(C)CC1.CC1=CCC(C)CC1.CC1CCC(C)CC1.CC1CCC(C)CC1.CC1CCC(C)OC1.CC1CCC(C)OC1.Cc1ccc(C)c(C)c1C.Cc1ccc(C)cc1.F.[B]. The third-order valence-electron chi connectivity index (χ3n) is 15.4. The molecule has 3 radical (unpaired) electrons. The second-order valence-corrected chi connectivity index (χ2v) is 23.3. The smallest absolute Gasteiger partial charge is 0.0547 e. The van der Waals surface area contributed by atoms with Crippen molar-refractivity contribution >= 4 is 8.41 Å². The Morgan fingerprint density at radius 3 is 0.794 bits per heavy atom. The lowest BCUT2D eigenvalue weighted by molar-refractivity contribution is 0.000174. The van der Waals surface area contributed by atoms with E-state index in [1.807, 2.05) is 0 Å². The molecule has 2 saturated heterocycles. The molecule has 2 aliphatic heterocycles. The third kappa shape index (κ3) is 35.0. The van der Waals surface area contributed by atoms with Crippen LogP contribution in [0.5, 0.6) is 0 Å². The van der Waals surface area contributed by atoms with E-state index in [1.54, 1.807) is 11.1 Å². The van der Waals surface area contributed by atoms with Gasteiger partial charge in [-0.2, -0.15) is 0 Å². The number of benzene rings is 2. The lowest BCUT2D eigenvalue weighted by atomic mass is 9.84. The first-order valence-electron chi connectivity index (χ1n) is 27.8. The molecule has 6 atom stereocenters. The summed E-state index contributed by atoms with van der Waals surface area (Å²) >= 11 is 0. The topological polar surface area (TPSA) is 18.5 Å². The van der Waals surface area contributed by atoms with Gasteiger partial charge < -0.3 is 9.47 Å². The number of rotatable bonds is 0. The molecule has 0 bridgehead atoms. The molecule has 68 heavy (non-hydrogen) atoms. The predicted octanol–water partition coefficient (Wildman–Crippen LogP) is 19.8. The lowest BCUT2D eigenvalue weighted by Crippen LogP contribution is -2.21. The first-order valence-corrected chi connectivity index (χ1v) is 27.8. The quantitative estimate of drug-likeness (QED) is 0.194. The molecule has 8 rings (SSSR count). The van der Waals surface area contributed by atoms with Crippen molar-refractivity contribution in [3.8, 4) is 0 Å². The minimum atomic E-state index is 0. The summed E-state index contributed by atoms with van der Waals surface area (Å²) in [6.07, 6.45) is 30.9. The van der Waals surface area contributed by atoms with Crippen LogP contribution < -0.4 is 0 Å². The fourth-order valence-electron chi connectivity index (χ4n) is 8.80. The minimum Gasteiger partial charge on any atom is -0.378 e. The van der Waals surface area contributed by atoms with Crippen LogP contribution in [0.15, 0.2) is 59.7 Å². The molecule has 2 heterocycles. The van der Waals surface area contributed by atoms with Gasteiger partial charge in [-0.3, -0.25) is 4.70 Å². The van der Waals surface area contributed by atoms with Gasteiger partial charge in [-0.15, -0.1) is 0 Å². The van der Waals surface area contributed by atoms with Gasteiger partial charge in [0.15, 0.2) is 0 Å². The van der Waals surface area contributed by atoms with E-state index in [0.717, 1.165) is 60.6 Å². The average molecular weight is 944 g/mol. The zero-order chi connectivity index (χ0) is 49.6. The molecule has 2 aromatic carbocycles. The van der Waals surface area contributed by atoms with Gasteiger partial charge in [-0.1, -0.05) is 178 Å². The Morgan fingerprint density at radius 1 is 0.338 bits per heavy atom. The average Bonchev–Trinajstić information content (AvgIpc) is 3.30. The van der Waals surface area contributed by atoms with Gasteiger partial charge in [-0.25, -0.2) is 0 Å². The number of hydrogen-bond donors (Lipinski definition) is 0. The maximum Gasteiger partial charge on any atom is 0.0547 e. The number of ether oxygens (including phenoxy) is 2. The highest BCUT2D eigenvalue weighted by Crippen LogP contribution is 2.28. The van der Waals surface area contributed by atoms with Crippen LogP contribution in [-0.4, -0.2) is 33.8 Å². The Morgan fingerprint density at radius 2 is 0.603 bits per heavy atom. The fourth-order valence-corrected chi connectivity index (χ4v) is 8.80. The molecule has 4 heteroatoms. The number of hydrogen-bond acceptors (Lipinski definition) is 2. The van der Waals surface area contributed by atoms with Crippen LogP contribution in [0, 0.1) is 88.9 Å². The van der Waals surface area contributed by atoms with E-state index < -0.39 is 0 Å². The monoisotopic (exact) mass is 944 g/mol. The molecule has 6 aliphatic rings. The largest absolute Gasteiger partial charge is 0.378 e. The highest BCUT2D eigenvalue weighted by molar-refractivity contribution is 5.75. The van der Waals surface area contributed by atoms with Crippen molar-refractivity contribution in [2.24, 2.45) is 47.3 Å². The highest BCUT2D eigenvalue weighted by Gasteiger charge is 2.16.